The van der Waals surface area contributed by atoms with Crippen molar-refractivity contribution in [3.05, 3.63) is 29.7 Å². The van der Waals surface area contributed by atoms with Crippen LogP contribution in [0.3, 0.4) is 0 Å². The van der Waals surface area contributed by atoms with Crippen LogP contribution in [0, 0.1) is 6.92 Å². The lowest BCUT2D eigenvalue weighted by Crippen LogP contribution is -2.45. The molecular weight excluding hydrogens is 324 g/mol. The Bertz CT molecular complexity index is 801. The highest BCUT2D eigenvalue weighted by Crippen LogP contribution is 2.36. The summed E-state index contributed by atoms with van der Waals surface area (Å²) in [6.45, 7) is 5.83. The van der Waals surface area contributed by atoms with Gasteiger partial charge in [0, 0.05) is 18.7 Å². The van der Waals surface area contributed by atoms with Crippen molar-refractivity contribution in [2.75, 3.05) is 26.5 Å². The Morgan fingerprint density at radius 3 is 3.00 bits per heavy atom. The summed E-state index contributed by atoms with van der Waals surface area (Å²) in [7, 11) is 0. The SMILES string of the molecule is Cc1oc(-c2ccc3c(c2)OCO3)nc1CC(=O)N1CCOC(C)C1. The van der Waals surface area contributed by atoms with Crippen LogP contribution < -0.4 is 9.47 Å². The molecule has 1 atom stereocenters. The van der Waals surface area contributed by atoms with E-state index in [1.165, 1.54) is 0 Å². The third kappa shape index (κ3) is 3.19. The van der Waals surface area contributed by atoms with E-state index in [2.05, 4.69) is 4.98 Å². The monoisotopic (exact) mass is 344 g/mol. The Balaban J connectivity index is 1.51. The first-order valence-corrected chi connectivity index (χ1v) is 8.36. The van der Waals surface area contributed by atoms with Crippen molar-refractivity contribution >= 4 is 5.91 Å². The predicted octanol–water partition coefficient (Wildman–Crippen LogP) is 2.17. The number of nitrogens with zero attached hydrogens (tertiary/aromatic N) is 2. The summed E-state index contributed by atoms with van der Waals surface area (Å²) in [5.74, 6) is 2.57. The fourth-order valence-electron chi connectivity index (χ4n) is 3.05. The first kappa shape index (κ1) is 16.0. The molecule has 1 aromatic heterocycles. The van der Waals surface area contributed by atoms with Gasteiger partial charge in [0.05, 0.1) is 24.8 Å². The van der Waals surface area contributed by atoms with Crippen molar-refractivity contribution < 1.29 is 23.4 Å². The number of carbonyl (C=O) groups excluding carboxylic acids is 1. The summed E-state index contributed by atoms with van der Waals surface area (Å²) in [5, 5.41) is 0. The normalized spacial score (nSPS) is 19.3. The largest absolute Gasteiger partial charge is 0.454 e. The molecule has 1 aromatic carbocycles. The summed E-state index contributed by atoms with van der Waals surface area (Å²) in [4.78, 5) is 18.9. The number of rotatable bonds is 3. The van der Waals surface area contributed by atoms with Gasteiger partial charge in [-0.05, 0) is 32.0 Å². The number of benzene rings is 1. The van der Waals surface area contributed by atoms with Gasteiger partial charge in [-0.2, -0.15) is 0 Å². The van der Waals surface area contributed by atoms with E-state index < -0.39 is 0 Å². The second-order valence-corrected chi connectivity index (χ2v) is 6.29. The Hall–Kier alpha value is -2.54. The molecule has 0 aliphatic carbocycles. The van der Waals surface area contributed by atoms with Gasteiger partial charge in [-0.25, -0.2) is 4.98 Å². The van der Waals surface area contributed by atoms with Crippen molar-refractivity contribution in [1.82, 2.24) is 9.88 Å². The molecular formula is C18H20N2O5. The molecule has 0 saturated carbocycles. The average Bonchev–Trinajstić information content (AvgIpc) is 3.21. The minimum absolute atomic E-state index is 0.0452. The molecule has 1 amide bonds. The smallest absolute Gasteiger partial charge is 0.231 e. The summed E-state index contributed by atoms with van der Waals surface area (Å²) in [6.07, 6.45) is 0.298. The average molecular weight is 344 g/mol. The van der Waals surface area contributed by atoms with E-state index in [1.54, 1.807) is 0 Å². The van der Waals surface area contributed by atoms with Gasteiger partial charge in [0.2, 0.25) is 18.6 Å². The highest BCUT2D eigenvalue weighted by Gasteiger charge is 2.24. The van der Waals surface area contributed by atoms with Crippen molar-refractivity contribution in [2.24, 2.45) is 0 Å². The number of morpholine rings is 1. The first-order valence-electron chi connectivity index (χ1n) is 8.36. The minimum atomic E-state index is 0.0452. The summed E-state index contributed by atoms with van der Waals surface area (Å²) >= 11 is 0. The molecule has 1 unspecified atom stereocenters. The molecule has 132 valence electrons. The highest BCUT2D eigenvalue weighted by atomic mass is 16.7. The number of aryl methyl sites for hydroxylation is 1. The molecule has 0 radical (unpaired) electrons. The van der Waals surface area contributed by atoms with Crippen LogP contribution >= 0.6 is 0 Å². The van der Waals surface area contributed by atoms with Crippen molar-refractivity contribution in [2.45, 2.75) is 26.4 Å². The van der Waals surface area contributed by atoms with Crippen molar-refractivity contribution in [3.8, 4) is 23.0 Å². The molecule has 7 nitrogen and oxygen atoms in total. The quantitative estimate of drug-likeness (QED) is 0.850. The van der Waals surface area contributed by atoms with Crippen LogP contribution in [0.1, 0.15) is 18.4 Å². The van der Waals surface area contributed by atoms with E-state index in [4.69, 9.17) is 18.6 Å². The van der Waals surface area contributed by atoms with E-state index >= 15 is 0 Å². The van der Waals surface area contributed by atoms with Crippen LogP contribution in [0.4, 0.5) is 0 Å². The third-order valence-corrected chi connectivity index (χ3v) is 4.42. The molecule has 2 aliphatic rings. The van der Waals surface area contributed by atoms with Gasteiger partial charge >= 0.3 is 0 Å². The van der Waals surface area contributed by atoms with Gasteiger partial charge in [-0.3, -0.25) is 4.79 Å². The maximum absolute atomic E-state index is 12.5. The molecule has 0 N–H and O–H groups in total. The number of ether oxygens (including phenoxy) is 3. The molecule has 2 aliphatic heterocycles. The van der Waals surface area contributed by atoms with Crippen LogP contribution in [-0.2, 0) is 16.0 Å². The van der Waals surface area contributed by atoms with Crippen LogP contribution in [0.2, 0.25) is 0 Å². The lowest BCUT2D eigenvalue weighted by Gasteiger charge is -2.31. The lowest BCUT2D eigenvalue weighted by atomic mass is 10.2. The zero-order chi connectivity index (χ0) is 17.4. The van der Waals surface area contributed by atoms with Crippen LogP contribution in [-0.4, -0.2) is 48.4 Å². The fourth-order valence-corrected chi connectivity index (χ4v) is 3.05. The standard InChI is InChI=1S/C18H20N2O5/c1-11-9-20(5-6-22-11)17(21)8-14-12(2)25-18(19-14)13-3-4-15-16(7-13)24-10-23-15/h3-4,7,11H,5-6,8-10H2,1-2H3. The third-order valence-electron chi connectivity index (χ3n) is 4.42. The summed E-state index contributed by atoms with van der Waals surface area (Å²) < 4.78 is 21.9. The second-order valence-electron chi connectivity index (χ2n) is 6.29. The minimum Gasteiger partial charge on any atom is -0.454 e. The van der Waals surface area contributed by atoms with Gasteiger partial charge in [0.25, 0.3) is 0 Å². The van der Waals surface area contributed by atoms with E-state index in [0.717, 1.165) is 5.56 Å². The Morgan fingerprint density at radius 2 is 2.16 bits per heavy atom. The molecule has 1 fully saturated rings. The first-order chi connectivity index (χ1) is 12.1. The fraction of sp³-hybridized carbons (Fsp3) is 0.444. The van der Waals surface area contributed by atoms with Gasteiger partial charge in [0.15, 0.2) is 11.5 Å². The van der Waals surface area contributed by atoms with Gasteiger partial charge in [0.1, 0.15) is 5.76 Å². The number of aromatic nitrogens is 1. The molecule has 1 saturated heterocycles. The summed E-state index contributed by atoms with van der Waals surface area (Å²) in [6, 6.07) is 5.54. The molecule has 3 heterocycles. The molecule has 0 spiro atoms. The summed E-state index contributed by atoms with van der Waals surface area (Å²) in [5.41, 5.74) is 1.46. The number of hydrogen-bond donors (Lipinski definition) is 0. The topological polar surface area (TPSA) is 74.0 Å². The number of carbonyl (C=O) groups is 1. The van der Waals surface area contributed by atoms with Gasteiger partial charge in [-0.15, -0.1) is 0 Å². The van der Waals surface area contributed by atoms with Crippen molar-refractivity contribution in [1.29, 1.82) is 0 Å². The number of hydrogen-bond acceptors (Lipinski definition) is 6. The number of amides is 1. The maximum Gasteiger partial charge on any atom is 0.231 e. The second kappa shape index (κ2) is 6.40. The molecule has 7 heteroatoms. The Morgan fingerprint density at radius 1 is 1.32 bits per heavy atom. The van der Waals surface area contributed by atoms with E-state index in [0.29, 0.717) is 48.5 Å². The van der Waals surface area contributed by atoms with Crippen LogP contribution in [0.15, 0.2) is 22.6 Å². The van der Waals surface area contributed by atoms with E-state index in [9.17, 15) is 4.79 Å². The number of oxazole rings is 1. The number of fused-ring (bicyclic) bond motifs is 1. The molecule has 25 heavy (non-hydrogen) atoms. The van der Waals surface area contributed by atoms with Crippen LogP contribution in [0.25, 0.3) is 11.5 Å². The van der Waals surface area contributed by atoms with Gasteiger partial charge in [-0.1, -0.05) is 0 Å². The predicted molar refractivity (Wildman–Crippen MR) is 88.5 cm³/mol. The Labute approximate surface area is 145 Å². The zero-order valence-electron chi connectivity index (χ0n) is 14.3. The van der Waals surface area contributed by atoms with E-state index in [-0.39, 0.29) is 25.2 Å². The van der Waals surface area contributed by atoms with Gasteiger partial charge < -0.3 is 23.5 Å². The Kier molecular flexibility index (Phi) is 4.09. The molecule has 2 aromatic rings. The lowest BCUT2D eigenvalue weighted by molar-refractivity contribution is -0.137. The van der Waals surface area contributed by atoms with Crippen LogP contribution in [0.5, 0.6) is 11.5 Å². The molecule has 0 bridgehead atoms. The molecule has 4 rings (SSSR count). The highest BCUT2D eigenvalue weighted by molar-refractivity contribution is 5.79. The van der Waals surface area contributed by atoms with E-state index in [1.807, 2.05) is 36.9 Å². The zero-order valence-corrected chi connectivity index (χ0v) is 14.3. The van der Waals surface area contributed by atoms with Crippen molar-refractivity contribution in [3.63, 3.8) is 0 Å². The maximum atomic E-state index is 12.5.